The molecule has 0 aliphatic heterocycles. The summed E-state index contributed by atoms with van der Waals surface area (Å²) in [5.74, 6) is -1.66. The molecule has 8 nitrogen and oxygen atoms in total. The van der Waals surface area contributed by atoms with Crippen molar-refractivity contribution < 1.29 is 23.3 Å². The van der Waals surface area contributed by atoms with Gasteiger partial charge >= 0.3 is 5.88 Å². The van der Waals surface area contributed by atoms with E-state index in [1.165, 1.54) is 49.5 Å². The van der Waals surface area contributed by atoms with Crippen molar-refractivity contribution in [2.24, 2.45) is 0 Å². The van der Waals surface area contributed by atoms with Gasteiger partial charge in [-0.05, 0) is 36.4 Å². The molecule has 130 valence electrons. The van der Waals surface area contributed by atoms with Gasteiger partial charge in [-0.3, -0.25) is 19.7 Å². The van der Waals surface area contributed by atoms with Crippen LogP contribution >= 0.6 is 0 Å². The Morgan fingerprint density at radius 2 is 1.96 bits per heavy atom. The first-order valence-electron chi connectivity index (χ1n) is 7.08. The van der Waals surface area contributed by atoms with Crippen LogP contribution in [0.5, 0.6) is 0 Å². The molecule has 1 N–H and O–H groups in total. The van der Waals surface area contributed by atoms with Crippen LogP contribution in [-0.4, -0.2) is 35.2 Å². The maximum Gasteiger partial charge on any atom is 0.433 e. The number of hydrogen-bond acceptors (Lipinski definition) is 5. The van der Waals surface area contributed by atoms with Gasteiger partial charge in [0.25, 0.3) is 0 Å². The SMILES string of the molecule is CN(CC(=O)Nc1ccc(F)cc1)C(=O)/C=C/c1ccc([N+](=O)[O-])o1. The van der Waals surface area contributed by atoms with Gasteiger partial charge in [0.05, 0.1) is 12.6 Å². The first-order valence-corrected chi connectivity index (χ1v) is 7.08. The number of halogens is 1. The molecule has 25 heavy (non-hydrogen) atoms. The van der Waals surface area contributed by atoms with E-state index in [1.807, 2.05) is 0 Å². The molecule has 1 aromatic heterocycles. The van der Waals surface area contributed by atoms with Gasteiger partial charge in [0, 0.05) is 18.8 Å². The van der Waals surface area contributed by atoms with Crippen molar-refractivity contribution >= 4 is 29.5 Å². The highest BCUT2D eigenvalue weighted by Gasteiger charge is 2.13. The predicted molar refractivity (Wildman–Crippen MR) is 87.1 cm³/mol. The molecule has 0 radical (unpaired) electrons. The molecule has 2 amide bonds. The summed E-state index contributed by atoms with van der Waals surface area (Å²) in [7, 11) is 1.42. The Bertz CT molecular complexity index is 813. The van der Waals surface area contributed by atoms with Crippen molar-refractivity contribution in [1.82, 2.24) is 4.90 Å². The summed E-state index contributed by atoms with van der Waals surface area (Å²) in [6, 6.07) is 7.73. The lowest BCUT2D eigenvalue weighted by molar-refractivity contribution is -0.402. The molecule has 1 heterocycles. The van der Waals surface area contributed by atoms with E-state index in [0.717, 1.165) is 11.0 Å². The number of rotatable bonds is 6. The average Bonchev–Trinajstić information content (AvgIpc) is 3.04. The Labute approximate surface area is 141 Å². The second kappa shape index (κ2) is 7.86. The van der Waals surface area contributed by atoms with Crippen LogP contribution in [0.15, 0.2) is 46.9 Å². The lowest BCUT2D eigenvalue weighted by Crippen LogP contribution is -2.33. The molecule has 0 saturated heterocycles. The van der Waals surface area contributed by atoms with E-state index in [-0.39, 0.29) is 12.3 Å². The van der Waals surface area contributed by atoms with E-state index < -0.39 is 28.4 Å². The Balaban J connectivity index is 1.88. The van der Waals surface area contributed by atoms with Crippen molar-refractivity contribution in [3.63, 3.8) is 0 Å². The fourth-order valence-electron chi connectivity index (χ4n) is 1.84. The second-order valence-electron chi connectivity index (χ2n) is 5.02. The number of nitrogens with zero attached hydrogens (tertiary/aromatic N) is 2. The Kier molecular flexibility index (Phi) is 5.62. The maximum atomic E-state index is 12.8. The second-order valence-corrected chi connectivity index (χ2v) is 5.02. The lowest BCUT2D eigenvalue weighted by Gasteiger charge is -2.14. The van der Waals surface area contributed by atoms with E-state index in [9.17, 15) is 24.1 Å². The van der Waals surface area contributed by atoms with Crippen molar-refractivity contribution in [1.29, 1.82) is 0 Å². The van der Waals surface area contributed by atoms with Gasteiger partial charge in [0.1, 0.15) is 16.5 Å². The summed E-state index contributed by atoms with van der Waals surface area (Å²) in [5, 5.41) is 13.0. The van der Waals surface area contributed by atoms with Crippen LogP contribution in [0, 0.1) is 15.9 Å². The number of likely N-dealkylation sites (N-methyl/N-ethyl adjacent to an activating group) is 1. The number of nitro groups is 1. The number of furan rings is 1. The molecule has 0 bridgehead atoms. The van der Waals surface area contributed by atoms with Gasteiger partial charge in [-0.15, -0.1) is 0 Å². The highest BCUT2D eigenvalue weighted by atomic mass is 19.1. The van der Waals surface area contributed by atoms with Gasteiger partial charge in [-0.1, -0.05) is 0 Å². The number of carbonyl (C=O) groups excluding carboxylic acids is 2. The van der Waals surface area contributed by atoms with E-state index in [2.05, 4.69) is 5.32 Å². The van der Waals surface area contributed by atoms with Crippen molar-refractivity contribution in [3.05, 3.63) is 64.2 Å². The molecule has 0 fully saturated rings. The van der Waals surface area contributed by atoms with Crippen molar-refractivity contribution in [2.45, 2.75) is 0 Å². The molecule has 0 atom stereocenters. The lowest BCUT2D eigenvalue weighted by atomic mass is 10.3. The topological polar surface area (TPSA) is 106 Å². The van der Waals surface area contributed by atoms with Gasteiger partial charge in [0.2, 0.25) is 11.8 Å². The molecule has 2 aromatic rings. The molecule has 0 spiro atoms. The van der Waals surface area contributed by atoms with Gasteiger partial charge in [-0.25, -0.2) is 4.39 Å². The zero-order chi connectivity index (χ0) is 18.4. The average molecular weight is 347 g/mol. The van der Waals surface area contributed by atoms with Crippen LogP contribution in [0.1, 0.15) is 5.76 Å². The Morgan fingerprint density at radius 1 is 1.28 bits per heavy atom. The van der Waals surface area contributed by atoms with E-state index >= 15 is 0 Å². The minimum atomic E-state index is -0.689. The smallest absolute Gasteiger partial charge is 0.401 e. The quantitative estimate of drug-likeness (QED) is 0.491. The first-order chi connectivity index (χ1) is 11.8. The normalized spacial score (nSPS) is 10.6. The Morgan fingerprint density at radius 3 is 2.56 bits per heavy atom. The highest BCUT2D eigenvalue weighted by Crippen LogP contribution is 2.16. The van der Waals surface area contributed by atoms with E-state index in [1.54, 1.807) is 0 Å². The van der Waals surface area contributed by atoms with Crippen molar-refractivity contribution in [3.8, 4) is 0 Å². The Hall–Kier alpha value is -3.49. The van der Waals surface area contributed by atoms with Crippen LogP contribution in [-0.2, 0) is 9.59 Å². The molecule has 0 aliphatic carbocycles. The summed E-state index contributed by atoms with van der Waals surface area (Å²) < 4.78 is 17.7. The van der Waals surface area contributed by atoms with Crippen LogP contribution < -0.4 is 5.32 Å². The van der Waals surface area contributed by atoms with Crippen LogP contribution in [0.2, 0.25) is 0 Å². The molecule has 1 aromatic carbocycles. The third-order valence-corrected chi connectivity index (χ3v) is 3.07. The third-order valence-electron chi connectivity index (χ3n) is 3.07. The van der Waals surface area contributed by atoms with E-state index in [4.69, 9.17) is 4.42 Å². The third kappa shape index (κ3) is 5.27. The van der Waals surface area contributed by atoms with Crippen LogP contribution in [0.4, 0.5) is 16.0 Å². The number of carbonyl (C=O) groups is 2. The number of anilines is 1. The van der Waals surface area contributed by atoms with Crippen LogP contribution in [0.3, 0.4) is 0 Å². The zero-order valence-corrected chi connectivity index (χ0v) is 13.1. The molecule has 0 saturated carbocycles. The summed E-state index contributed by atoms with van der Waals surface area (Å²) in [4.78, 5) is 34.7. The largest absolute Gasteiger partial charge is 0.433 e. The molecular formula is C16H14FN3O5. The first kappa shape index (κ1) is 17.9. The molecule has 0 aliphatic rings. The minimum Gasteiger partial charge on any atom is -0.401 e. The summed E-state index contributed by atoms with van der Waals surface area (Å²) in [5.41, 5.74) is 0.408. The molecule has 0 unspecified atom stereocenters. The standard InChI is InChI=1S/C16H14FN3O5/c1-19(10-14(21)18-12-4-2-11(17)3-5-12)15(22)8-6-13-7-9-16(25-13)20(23)24/h2-9H,10H2,1H3,(H,18,21)/b8-6+. The summed E-state index contributed by atoms with van der Waals surface area (Å²) >= 11 is 0. The monoisotopic (exact) mass is 347 g/mol. The van der Waals surface area contributed by atoms with E-state index in [0.29, 0.717) is 5.69 Å². The zero-order valence-electron chi connectivity index (χ0n) is 13.1. The van der Waals surface area contributed by atoms with Crippen molar-refractivity contribution in [2.75, 3.05) is 18.9 Å². The van der Waals surface area contributed by atoms with Gasteiger partial charge in [0.15, 0.2) is 0 Å². The molecule has 9 heteroatoms. The van der Waals surface area contributed by atoms with Crippen LogP contribution in [0.25, 0.3) is 6.08 Å². The number of amides is 2. The maximum absolute atomic E-state index is 12.8. The molecular weight excluding hydrogens is 333 g/mol. The number of benzene rings is 1. The highest BCUT2D eigenvalue weighted by molar-refractivity contribution is 5.97. The summed E-state index contributed by atoms with van der Waals surface area (Å²) in [6.07, 6.45) is 2.40. The minimum absolute atomic E-state index is 0.143. The molecule has 2 rings (SSSR count). The summed E-state index contributed by atoms with van der Waals surface area (Å²) in [6.45, 7) is -0.223. The fourth-order valence-corrected chi connectivity index (χ4v) is 1.84. The van der Waals surface area contributed by atoms with Gasteiger partial charge in [-0.2, -0.15) is 0 Å². The number of hydrogen-bond donors (Lipinski definition) is 1. The predicted octanol–water partition coefficient (Wildman–Crippen LogP) is 2.44. The fraction of sp³-hybridized carbons (Fsp3) is 0.125. The van der Waals surface area contributed by atoms with Gasteiger partial charge < -0.3 is 14.6 Å². The number of nitrogens with one attached hydrogen (secondary N) is 1.